The molecule has 1 aromatic rings. The van der Waals surface area contributed by atoms with E-state index in [0.29, 0.717) is 12.8 Å². The second kappa shape index (κ2) is 7.21. The summed E-state index contributed by atoms with van der Waals surface area (Å²) in [5.74, 6) is -0.241. The number of alkyl halides is 3. The van der Waals surface area contributed by atoms with Gasteiger partial charge in [0, 0.05) is 24.8 Å². The lowest BCUT2D eigenvalue weighted by Crippen LogP contribution is -2.45. The molecule has 0 aliphatic carbocycles. The van der Waals surface area contributed by atoms with Crippen LogP contribution in [-0.4, -0.2) is 41.3 Å². The highest BCUT2D eigenvalue weighted by Crippen LogP contribution is 2.29. The normalized spacial score (nSPS) is 16.6. The summed E-state index contributed by atoms with van der Waals surface area (Å²) in [6, 6.07) is 5.74. The molecule has 0 unspecified atom stereocenters. The first kappa shape index (κ1) is 16.9. The first-order valence-corrected chi connectivity index (χ1v) is 8.01. The van der Waals surface area contributed by atoms with Crippen LogP contribution in [0.3, 0.4) is 0 Å². The topological polar surface area (TPSA) is 45.2 Å². The number of thioether (sulfide) groups is 1. The van der Waals surface area contributed by atoms with Crippen molar-refractivity contribution in [3.63, 3.8) is 0 Å². The van der Waals surface area contributed by atoms with E-state index in [1.807, 2.05) is 25.1 Å². The standard InChI is InChI=1S/C14H18F3N3OS/c1-10-3-2-4-12(18-10)20-7-5-11(6-8-20)19-13(21)9-22-14(15,16)17/h2-4,11H,5-9H2,1H3,(H,19,21). The Labute approximate surface area is 131 Å². The van der Waals surface area contributed by atoms with E-state index in [4.69, 9.17) is 0 Å². The number of piperidine rings is 1. The number of aromatic nitrogens is 1. The van der Waals surface area contributed by atoms with Gasteiger partial charge in [-0.25, -0.2) is 4.98 Å². The Hall–Kier alpha value is -1.44. The van der Waals surface area contributed by atoms with Crippen LogP contribution in [0.25, 0.3) is 0 Å². The van der Waals surface area contributed by atoms with Crippen molar-refractivity contribution >= 4 is 23.5 Å². The zero-order valence-electron chi connectivity index (χ0n) is 12.2. The zero-order valence-corrected chi connectivity index (χ0v) is 13.0. The molecule has 1 aliphatic heterocycles. The van der Waals surface area contributed by atoms with Crippen molar-refractivity contribution < 1.29 is 18.0 Å². The monoisotopic (exact) mass is 333 g/mol. The second-order valence-electron chi connectivity index (χ2n) is 5.20. The van der Waals surface area contributed by atoms with E-state index < -0.39 is 17.2 Å². The molecule has 0 atom stereocenters. The van der Waals surface area contributed by atoms with Crippen LogP contribution in [0.1, 0.15) is 18.5 Å². The number of halogens is 3. The first-order valence-electron chi connectivity index (χ1n) is 7.02. The number of anilines is 1. The number of rotatable bonds is 4. The third kappa shape index (κ3) is 5.40. The van der Waals surface area contributed by atoms with Gasteiger partial charge >= 0.3 is 5.51 Å². The third-order valence-electron chi connectivity index (χ3n) is 3.42. The van der Waals surface area contributed by atoms with Gasteiger partial charge in [-0.05, 0) is 43.7 Å². The largest absolute Gasteiger partial charge is 0.442 e. The fourth-order valence-corrected chi connectivity index (χ4v) is 2.75. The Morgan fingerprint density at radius 3 is 2.68 bits per heavy atom. The maximum atomic E-state index is 12.0. The Kier molecular flexibility index (Phi) is 5.55. The fraction of sp³-hybridized carbons (Fsp3) is 0.571. The molecule has 1 aliphatic rings. The Morgan fingerprint density at radius 1 is 1.41 bits per heavy atom. The Balaban J connectivity index is 1.76. The van der Waals surface area contributed by atoms with Gasteiger partial charge in [0.25, 0.3) is 0 Å². The minimum absolute atomic E-state index is 0.0672. The average Bonchev–Trinajstić information content (AvgIpc) is 2.45. The van der Waals surface area contributed by atoms with Gasteiger partial charge in [-0.1, -0.05) is 6.07 Å². The van der Waals surface area contributed by atoms with Gasteiger partial charge in [0.15, 0.2) is 0 Å². The quantitative estimate of drug-likeness (QED) is 0.920. The molecule has 1 aromatic heterocycles. The number of carbonyl (C=O) groups is 1. The predicted molar refractivity (Wildman–Crippen MR) is 80.9 cm³/mol. The van der Waals surface area contributed by atoms with Crippen LogP contribution in [0, 0.1) is 6.92 Å². The van der Waals surface area contributed by atoms with Crippen LogP contribution >= 0.6 is 11.8 Å². The van der Waals surface area contributed by atoms with Crippen LogP contribution in [0.4, 0.5) is 19.0 Å². The van der Waals surface area contributed by atoms with Crippen molar-refractivity contribution in [3.8, 4) is 0 Å². The smallest absolute Gasteiger partial charge is 0.356 e. The molecule has 2 rings (SSSR count). The summed E-state index contributed by atoms with van der Waals surface area (Å²) < 4.78 is 36.1. The molecule has 2 heterocycles. The second-order valence-corrected chi connectivity index (χ2v) is 6.24. The number of aryl methyl sites for hydroxylation is 1. The lowest BCUT2D eigenvalue weighted by Gasteiger charge is -2.33. The summed E-state index contributed by atoms with van der Waals surface area (Å²) in [6.45, 7) is 3.39. The van der Waals surface area contributed by atoms with E-state index in [2.05, 4.69) is 15.2 Å². The van der Waals surface area contributed by atoms with E-state index in [-0.39, 0.29) is 17.8 Å². The molecule has 0 saturated carbocycles. The number of amides is 1. The molecule has 0 bridgehead atoms. The van der Waals surface area contributed by atoms with Gasteiger partial charge in [0.05, 0.1) is 5.75 Å². The molecule has 8 heteroatoms. The van der Waals surface area contributed by atoms with Crippen LogP contribution in [-0.2, 0) is 4.79 Å². The van der Waals surface area contributed by atoms with Crippen molar-refractivity contribution in [2.24, 2.45) is 0 Å². The van der Waals surface area contributed by atoms with Crippen molar-refractivity contribution in [1.82, 2.24) is 10.3 Å². The summed E-state index contributed by atoms with van der Waals surface area (Å²) in [6.07, 6.45) is 1.41. The average molecular weight is 333 g/mol. The van der Waals surface area contributed by atoms with Crippen LogP contribution in [0.2, 0.25) is 0 Å². The van der Waals surface area contributed by atoms with Gasteiger partial charge in [-0.3, -0.25) is 4.79 Å². The first-order chi connectivity index (χ1) is 10.3. The van der Waals surface area contributed by atoms with Crippen molar-refractivity contribution in [1.29, 1.82) is 0 Å². The van der Waals surface area contributed by atoms with Crippen LogP contribution < -0.4 is 10.2 Å². The number of nitrogens with zero attached hydrogens (tertiary/aromatic N) is 2. The maximum absolute atomic E-state index is 12.0. The van der Waals surface area contributed by atoms with Crippen LogP contribution in [0.15, 0.2) is 18.2 Å². The molecule has 1 saturated heterocycles. The molecule has 4 nitrogen and oxygen atoms in total. The van der Waals surface area contributed by atoms with Crippen molar-refractivity contribution in [2.45, 2.75) is 31.3 Å². The lowest BCUT2D eigenvalue weighted by atomic mass is 10.1. The minimum atomic E-state index is -4.36. The van der Waals surface area contributed by atoms with E-state index in [1.165, 1.54) is 0 Å². The van der Waals surface area contributed by atoms with Crippen molar-refractivity contribution in [2.75, 3.05) is 23.7 Å². The summed E-state index contributed by atoms with van der Waals surface area (Å²) in [4.78, 5) is 18.1. The lowest BCUT2D eigenvalue weighted by molar-refractivity contribution is -0.119. The number of hydrogen-bond acceptors (Lipinski definition) is 4. The summed E-state index contributed by atoms with van der Waals surface area (Å²) in [5, 5.41) is 2.67. The molecule has 122 valence electrons. The van der Waals surface area contributed by atoms with E-state index >= 15 is 0 Å². The predicted octanol–water partition coefficient (Wildman–Crippen LogP) is 2.73. The highest BCUT2D eigenvalue weighted by molar-refractivity contribution is 8.00. The zero-order chi connectivity index (χ0) is 16.2. The molecular formula is C14H18F3N3OS. The summed E-state index contributed by atoms with van der Waals surface area (Å²) >= 11 is -0.303. The number of hydrogen-bond donors (Lipinski definition) is 1. The molecule has 0 aromatic carbocycles. The molecule has 1 amide bonds. The highest BCUT2D eigenvalue weighted by Gasteiger charge is 2.30. The molecule has 0 radical (unpaired) electrons. The van der Waals surface area contributed by atoms with E-state index in [9.17, 15) is 18.0 Å². The third-order valence-corrected chi connectivity index (χ3v) is 4.16. The molecule has 22 heavy (non-hydrogen) atoms. The Bertz CT molecular complexity index is 516. The van der Waals surface area contributed by atoms with Gasteiger partial charge < -0.3 is 10.2 Å². The molecule has 0 spiro atoms. The summed E-state index contributed by atoms with van der Waals surface area (Å²) in [5.41, 5.74) is -3.42. The number of nitrogens with one attached hydrogen (secondary N) is 1. The highest BCUT2D eigenvalue weighted by atomic mass is 32.2. The SMILES string of the molecule is Cc1cccc(N2CCC(NC(=O)CSC(F)(F)F)CC2)n1. The van der Waals surface area contributed by atoms with Gasteiger partial charge in [-0.2, -0.15) is 13.2 Å². The van der Waals surface area contributed by atoms with Gasteiger partial charge in [0.1, 0.15) is 5.82 Å². The number of carbonyl (C=O) groups excluding carboxylic acids is 1. The van der Waals surface area contributed by atoms with E-state index in [1.54, 1.807) is 0 Å². The van der Waals surface area contributed by atoms with Gasteiger partial charge in [-0.15, -0.1) is 0 Å². The number of pyridine rings is 1. The molecular weight excluding hydrogens is 315 g/mol. The fourth-order valence-electron chi connectivity index (χ4n) is 2.37. The maximum Gasteiger partial charge on any atom is 0.442 e. The Morgan fingerprint density at radius 2 is 2.09 bits per heavy atom. The molecule has 1 N–H and O–H groups in total. The van der Waals surface area contributed by atoms with Crippen LogP contribution in [0.5, 0.6) is 0 Å². The summed E-state index contributed by atoms with van der Waals surface area (Å²) in [7, 11) is 0. The minimum Gasteiger partial charge on any atom is -0.356 e. The van der Waals surface area contributed by atoms with E-state index in [0.717, 1.165) is 24.6 Å². The van der Waals surface area contributed by atoms with Crippen molar-refractivity contribution in [3.05, 3.63) is 23.9 Å². The van der Waals surface area contributed by atoms with Gasteiger partial charge in [0.2, 0.25) is 5.91 Å². The molecule has 1 fully saturated rings.